The van der Waals surface area contributed by atoms with Gasteiger partial charge in [0.2, 0.25) is 0 Å². The zero-order valence-corrected chi connectivity index (χ0v) is 28.4. The Bertz CT molecular complexity index is 505. The van der Waals surface area contributed by atoms with Crippen LogP contribution in [0.25, 0.3) is 0 Å². The van der Waals surface area contributed by atoms with Gasteiger partial charge >= 0.3 is 27.0 Å². The first kappa shape index (κ1) is 55.1. The molecule has 0 radical (unpaired) electrons. The average Bonchev–Trinajstić information content (AvgIpc) is 2.91. The van der Waals surface area contributed by atoms with E-state index in [0.29, 0.717) is 0 Å². The molecular weight excluding hydrogens is 632 g/mol. The third-order valence-corrected chi connectivity index (χ3v) is 2.29. The van der Waals surface area contributed by atoms with Gasteiger partial charge in [-0.15, -0.1) is 0 Å². The number of rotatable bonds is 0. The first-order chi connectivity index (χ1) is 16.4. The summed E-state index contributed by atoms with van der Waals surface area (Å²) in [7, 11) is 4.60. The minimum absolute atomic E-state index is 0. The third-order valence-electron chi connectivity index (χ3n) is 2.29. The second-order valence-corrected chi connectivity index (χ2v) is 5.48. The number of esters is 1. The number of benzene rings is 3. The van der Waals surface area contributed by atoms with E-state index in [2.05, 4.69) is 9.47 Å². The summed E-state index contributed by atoms with van der Waals surface area (Å²) in [6.45, 7) is 12.4. The predicted molar refractivity (Wildman–Crippen MR) is 162 cm³/mol. The maximum Gasteiger partial charge on any atom is 2.00 e. The monoisotopic (exact) mass is 686 g/mol. The molecule has 0 N–H and O–H groups in total. The van der Waals surface area contributed by atoms with Crippen LogP contribution in [0.5, 0.6) is 0 Å². The second-order valence-electron chi connectivity index (χ2n) is 5.48. The van der Waals surface area contributed by atoms with Crippen LogP contribution in [0.3, 0.4) is 0 Å². The fourth-order valence-electron chi connectivity index (χ4n) is 1.15. The molecule has 0 fully saturated rings. The summed E-state index contributed by atoms with van der Waals surface area (Å²) >= 11 is 0. The summed E-state index contributed by atoms with van der Waals surface area (Å²) in [5.74, 6) is -0.0787. The van der Waals surface area contributed by atoms with Gasteiger partial charge < -0.3 is 29.1 Å². The first-order valence-corrected chi connectivity index (χ1v) is 11.3. The zero-order valence-electron chi connectivity index (χ0n) is 25.4. The van der Waals surface area contributed by atoms with Crippen LogP contribution in [0, 0.1) is 14.9 Å². The van der Waals surface area contributed by atoms with E-state index in [-0.39, 0.29) is 47.7 Å². The number of ether oxygens (including phenoxy) is 2. The van der Waals surface area contributed by atoms with Crippen molar-refractivity contribution in [3.05, 3.63) is 124 Å². The molecule has 37 heavy (non-hydrogen) atoms. The topological polar surface area (TPSA) is 52.6 Å². The van der Waals surface area contributed by atoms with Crippen molar-refractivity contribution in [3.63, 3.8) is 0 Å². The van der Waals surface area contributed by atoms with Crippen LogP contribution < -0.4 is 0 Å². The smallest absolute Gasteiger partial charge is 0.469 e. The van der Waals surface area contributed by atoms with Crippen molar-refractivity contribution in [1.29, 1.82) is 0 Å². The van der Waals surface area contributed by atoms with E-state index in [1.807, 2.05) is 137 Å². The average molecular weight is 687 g/mol. The van der Waals surface area contributed by atoms with Gasteiger partial charge in [0, 0.05) is 21.1 Å². The Labute approximate surface area is 245 Å². The summed E-state index contributed by atoms with van der Waals surface area (Å²) in [6, 6.07) is 36.0. The molecule has 3 aromatic carbocycles. The Morgan fingerprint density at radius 3 is 0.514 bits per heavy atom. The maximum absolute atomic E-state index is 9.59. The normalized spacial score (nSPS) is 6.32. The van der Waals surface area contributed by atoms with Crippen molar-refractivity contribution in [2.75, 3.05) is 21.3 Å². The quantitative estimate of drug-likeness (QED) is 0.175. The van der Waals surface area contributed by atoms with Crippen LogP contribution in [-0.2, 0) is 40.1 Å². The number of hydrogen-bond acceptors (Lipinski definition) is 4. The van der Waals surface area contributed by atoms with Crippen molar-refractivity contribution in [1.82, 2.24) is 0 Å². The Morgan fingerprint density at radius 1 is 0.432 bits per heavy atom. The van der Waals surface area contributed by atoms with Crippen LogP contribution >= 0.6 is 0 Å². The number of carbonyl (C=O) groups excluding carboxylic acids is 2. The summed E-state index contributed by atoms with van der Waals surface area (Å²) < 4.78 is 8.36. The fourth-order valence-corrected chi connectivity index (χ4v) is 1.15. The molecule has 212 valence electrons. The van der Waals surface area contributed by atoms with Crippen molar-refractivity contribution in [2.24, 2.45) is 0 Å². The molecule has 0 unspecified atom stereocenters. The molecule has 5 heteroatoms. The molecule has 3 rings (SSSR count). The molecule has 0 aromatic heterocycles. The largest absolute Gasteiger partial charge is 2.00 e. The molecule has 0 heterocycles. The van der Waals surface area contributed by atoms with E-state index < -0.39 is 0 Å². The van der Waals surface area contributed by atoms with Crippen LogP contribution in [-0.4, -0.2) is 33.1 Å². The van der Waals surface area contributed by atoms with E-state index in [1.54, 1.807) is 14.2 Å². The van der Waals surface area contributed by atoms with Crippen molar-refractivity contribution < 1.29 is 40.1 Å². The molecule has 3 aromatic rings. The van der Waals surface area contributed by atoms with Crippen molar-refractivity contribution >= 4 is 11.8 Å². The molecule has 0 spiro atoms. The molecule has 0 bridgehead atoms. The second kappa shape index (κ2) is 64.1. The standard InChI is InChI=1S/3C6H6.C3H6O2.C3H6O.C2H6O.2C2H6.2CH3.W/c3*1-2-4-6-5-3-1;1-3(4)5-2;1-3(2)4;1-3-2;2*1-2;;;/h3*1-6H;1-2H3;1-2H3;1-2H3;2*1-2H3;2*1H3;/q;;;;;;;;2*-1;+2. The molecular formula is C32H54O4W. The van der Waals surface area contributed by atoms with E-state index in [1.165, 1.54) is 27.9 Å². The van der Waals surface area contributed by atoms with Crippen LogP contribution in [0.2, 0.25) is 0 Å². The Hall–Kier alpha value is -2.55. The molecule has 4 nitrogen and oxygen atoms in total. The minimum atomic E-state index is -0.245. The summed E-state index contributed by atoms with van der Waals surface area (Å²) in [4.78, 5) is 19.0. The molecule has 0 amide bonds. The van der Waals surface area contributed by atoms with Gasteiger partial charge in [-0.25, -0.2) is 0 Å². The minimum Gasteiger partial charge on any atom is -0.469 e. The third kappa shape index (κ3) is 109. The van der Waals surface area contributed by atoms with E-state index in [9.17, 15) is 9.59 Å². The van der Waals surface area contributed by atoms with Crippen LogP contribution in [0.1, 0.15) is 48.5 Å². The van der Waals surface area contributed by atoms with Crippen LogP contribution in [0.4, 0.5) is 0 Å². The molecule has 0 saturated carbocycles. The van der Waals surface area contributed by atoms with E-state index in [4.69, 9.17) is 0 Å². The molecule has 0 atom stereocenters. The first-order valence-electron chi connectivity index (χ1n) is 11.3. The van der Waals surface area contributed by atoms with Gasteiger partial charge in [-0.1, -0.05) is 137 Å². The molecule has 0 aliphatic heterocycles. The zero-order chi connectivity index (χ0) is 27.3. The predicted octanol–water partition coefficient (Wildman–Crippen LogP) is 9.05. The summed E-state index contributed by atoms with van der Waals surface area (Å²) in [5, 5.41) is 0. The summed E-state index contributed by atoms with van der Waals surface area (Å²) in [6.07, 6.45) is 0. The van der Waals surface area contributed by atoms with Gasteiger partial charge in [0.15, 0.2) is 0 Å². The molecule has 0 aliphatic rings. The number of ketones is 1. The summed E-state index contributed by atoms with van der Waals surface area (Å²) in [5.41, 5.74) is 0. The number of methoxy groups -OCH3 is 2. The number of Topliss-reactive ketones (excluding diaryl/α,β-unsaturated/α-hetero) is 1. The van der Waals surface area contributed by atoms with Gasteiger partial charge in [-0.3, -0.25) is 4.79 Å². The Morgan fingerprint density at radius 2 is 0.486 bits per heavy atom. The molecule has 0 saturated heterocycles. The van der Waals surface area contributed by atoms with Crippen LogP contribution in [0.15, 0.2) is 109 Å². The number of carbonyl (C=O) groups is 2. The maximum atomic E-state index is 9.59. The fraction of sp³-hybridized carbons (Fsp3) is 0.312. The van der Waals surface area contributed by atoms with Gasteiger partial charge in [0.1, 0.15) is 5.78 Å². The van der Waals surface area contributed by atoms with Gasteiger partial charge in [0.05, 0.1) is 7.11 Å². The molecule has 0 aliphatic carbocycles. The Balaban J connectivity index is -0.0000000441. The number of hydrogen-bond donors (Lipinski definition) is 0. The van der Waals surface area contributed by atoms with E-state index in [0.717, 1.165) is 0 Å². The van der Waals surface area contributed by atoms with Gasteiger partial charge in [0.25, 0.3) is 0 Å². The Kier molecular flexibility index (Phi) is 95.4. The SMILES string of the molecule is CC.CC.CC(C)=O.COC.COC(C)=O.[CH3-].[CH3-].[W+2].c1ccccc1.c1ccccc1.c1ccccc1. The van der Waals surface area contributed by atoms with Crippen molar-refractivity contribution in [2.45, 2.75) is 48.5 Å². The van der Waals surface area contributed by atoms with Gasteiger partial charge in [-0.2, -0.15) is 0 Å². The van der Waals surface area contributed by atoms with E-state index >= 15 is 0 Å². The van der Waals surface area contributed by atoms with Crippen molar-refractivity contribution in [3.8, 4) is 0 Å². The van der Waals surface area contributed by atoms with Gasteiger partial charge in [-0.05, 0) is 13.8 Å².